The lowest BCUT2D eigenvalue weighted by Crippen LogP contribution is -2.13. The normalized spacial score (nSPS) is 12.2. The van der Waals surface area contributed by atoms with Crippen molar-refractivity contribution >= 4 is 0 Å². The largest absolute Gasteiger partial charge is 0.451 e. The first-order chi connectivity index (χ1) is 9.52. The second kappa shape index (κ2) is 5.96. The monoisotopic (exact) mass is 281 g/mol. The van der Waals surface area contributed by atoms with Crippen LogP contribution in [0.5, 0.6) is 11.5 Å². The van der Waals surface area contributed by atoms with Crippen molar-refractivity contribution in [3.63, 3.8) is 0 Å². The van der Waals surface area contributed by atoms with Crippen molar-refractivity contribution < 1.29 is 17.9 Å². The molecule has 2 rings (SSSR count). The molecule has 20 heavy (non-hydrogen) atoms. The second-order valence-corrected chi connectivity index (χ2v) is 4.35. The average Bonchev–Trinajstić information content (AvgIpc) is 2.42. The highest BCUT2D eigenvalue weighted by atomic mass is 19.1. The molecule has 0 saturated heterocycles. The predicted molar refractivity (Wildman–Crippen MR) is 70.3 cm³/mol. The lowest BCUT2D eigenvalue weighted by molar-refractivity contribution is 0.402. The fourth-order valence-corrected chi connectivity index (χ4v) is 1.80. The number of benzene rings is 2. The molecule has 0 heterocycles. The summed E-state index contributed by atoms with van der Waals surface area (Å²) in [4.78, 5) is 0. The lowest BCUT2D eigenvalue weighted by Gasteiger charge is -2.17. The quantitative estimate of drug-likeness (QED) is 0.908. The van der Waals surface area contributed by atoms with Crippen molar-refractivity contribution in [3.8, 4) is 11.5 Å². The van der Waals surface area contributed by atoms with Crippen LogP contribution in [0.4, 0.5) is 13.2 Å². The van der Waals surface area contributed by atoms with E-state index in [0.717, 1.165) is 12.1 Å². The zero-order chi connectivity index (χ0) is 14.7. The van der Waals surface area contributed by atoms with E-state index >= 15 is 0 Å². The molecule has 106 valence electrons. The van der Waals surface area contributed by atoms with Gasteiger partial charge in [0.25, 0.3) is 0 Å². The lowest BCUT2D eigenvalue weighted by atomic mass is 10.1. The van der Waals surface area contributed by atoms with Gasteiger partial charge in [0.2, 0.25) is 0 Å². The molecule has 0 fully saturated rings. The van der Waals surface area contributed by atoms with Crippen molar-refractivity contribution in [2.45, 2.75) is 13.0 Å². The van der Waals surface area contributed by atoms with Crippen LogP contribution in [-0.2, 0) is 0 Å². The number of ether oxygens (including phenoxy) is 1. The topological polar surface area (TPSA) is 21.3 Å². The molecule has 5 heteroatoms. The van der Waals surface area contributed by atoms with Crippen LogP contribution in [0.15, 0.2) is 36.4 Å². The summed E-state index contributed by atoms with van der Waals surface area (Å²) in [5.41, 5.74) is 0.552. The first-order valence-electron chi connectivity index (χ1n) is 6.11. The van der Waals surface area contributed by atoms with Crippen LogP contribution in [-0.4, -0.2) is 7.05 Å². The number of nitrogens with one attached hydrogen (secondary N) is 1. The standard InChI is InChI=1S/C15H14F3NO/c1-9(19-2)11-4-3-5-12(17)15(11)20-14-7-6-10(16)8-13(14)18/h3-9,19H,1-2H3. The zero-order valence-electron chi connectivity index (χ0n) is 11.1. The van der Waals surface area contributed by atoms with Crippen LogP contribution in [0.25, 0.3) is 0 Å². The molecule has 0 saturated carbocycles. The van der Waals surface area contributed by atoms with Gasteiger partial charge in [0.05, 0.1) is 0 Å². The molecule has 1 N–H and O–H groups in total. The Morgan fingerprint density at radius 2 is 1.80 bits per heavy atom. The van der Waals surface area contributed by atoms with Gasteiger partial charge in [0.1, 0.15) is 5.82 Å². The molecule has 0 aliphatic rings. The van der Waals surface area contributed by atoms with Gasteiger partial charge >= 0.3 is 0 Å². The smallest absolute Gasteiger partial charge is 0.168 e. The Kier molecular flexibility index (Phi) is 4.29. The van der Waals surface area contributed by atoms with E-state index in [4.69, 9.17) is 4.74 Å². The van der Waals surface area contributed by atoms with E-state index in [2.05, 4.69) is 5.32 Å². The maximum atomic E-state index is 13.9. The van der Waals surface area contributed by atoms with E-state index in [1.807, 2.05) is 6.92 Å². The highest BCUT2D eigenvalue weighted by molar-refractivity contribution is 5.41. The number of hydrogen-bond acceptors (Lipinski definition) is 2. The Morgan fingerprint density at radius 3 is 2.45 bits per heavy atom. The first kappa shape index (κ1) is 14.4. The summed E-state index contributed by atoms with van der Waals surface area (Å²) in [6, 6.07) is 7.16. The summed E-state index contributed by atoms with van der Waals surface area (Å²) < 4.78 is 45.6. The molecule has 0 aliphatic heterocycles. The molecule has 2 aromatic rings. The van der Waals surface area contributed by atoms with E-state index in [9.17, 15) is 13.2 Å². The molecular weight excluding hydrogens is 267 g/mol. The van der Waals surface area contributed by atoms with E-state index in [0.29, 0.717) is 11.6 Å². The van der Waals surface area contributed by atoms with E-state index in [1.165, 1.54) is 6.07 Å². The van der Waals surface area contributed by atoms with Gasteiger partial charge in [0.15, 0.2) is 23.1 Å². The Bertz CT molecular complexity index is 616. The first-order valence-corrected chi connectivity index (χ1v) is 6.11. The number of halogens is 3. The molecule has 0 bridgehead atoms. The Morgan fingerprint density at radius 1 is 1.05 bits per heavy atom. The molecule has 1 unspecified atom stereocenters. The van der Waals surface area contributed by atoms with E-state index in [1.54, 1.807) is 19.2 Å². The van der Waals surface area contributed by atoms with Crippen LogP contribution in [0.1, 0.15) is 18.5 Å². The van der Waals surface area contributed by atoms with Crippen molar-refractivity contribution in [3.05, 3.63) is 59.4 Å². The molecule has 0 amide bonds. The molecule has 2 nitrogen and oxygen atoms in total. The third-order valence-electron chi connectivity index (χ3n) is 3.00. The van der Waals surface area contributed by atoms with E-state index in [-0.39, 0.29) is 17.5 Å². The Hall–Kier alpha value is -2.01. The van der Waals surface area contributed by atoms with Gasteiger partial charge in [-0.05, 0) is 32.2 Å². The fraction of sp³-hybridized carbons (Fsp3) is 0.200. The van der Waals surface area contributed by atoms with Gasteiger partial charge in [-0.15, -0.1) is 0 Å². The van der Waals surface area contributed by atoms with Crippen molar-refractivity contribution in [2.75, 3.05) is 7.05 Å². The summed E-state index contributed by atoms with van der Waals surface area (Å²) in [5, 5.41) is 2.96. The van der Waals surface area contributed by atoms with Crippen LogP contribution in [0, 0.1) is 17.5 Å². The molecule has 1 atom stereocenters. The van der Waals surface area contributed by atoms with Gasteiger partial charge < -0.3 is 10.1 Å². The predicted octanol–water partition coefficient (Wildman–Crippen LogP) is 4.18. The Balaban J connectivity index is 2.42. The summed E-state index contributed by atoms with van der Waals surface area (Å²) in [6.07, 6.45) is 0. The number of rotatable bonds is 4. The molecule has 0 aliphatic carbocycles. The van der Waals surface area contributed by atoms with Crippen molar-refractivity contribution in [1.82, 2.24) is 5.32 Å². The molecule has 0 spiro atoms. The molecule has 0 radical (unpaired) electrons. The van der Waals surface area contributed by atoms with Crippen molar-refractivity contribution in [2.24, 2.45) is 0 Å². The molecule has 0 aromatic heterocycles. The number of para-hydroxylation sites is 1. The van der Waals surface area contributed by atoms with Crippen molar-refractivity contribution in [1.29, 1.82) is 0 Å². The van der Waals surface area contributed by atoms with E-state index < -0.39 is 17.5 Å². The number of hydrogen-bond donors (Lipinski definition) is 1. The average molecular weight is 281 g/mol. The van der Waals surface area contributed by atoms with Gasteiger partial charge in [-0.3, -0.25) is 0 Å². The Labute approximate surface area is 115 Å². The van der Waals surface area contributed by atoms with Crippen LogP contribution < -0.4 is 10.1 Å². The SMILES string of the molecule is CNC(C)c1cccc(F)c1Oc1ccc(F)cc1F. The minimum atomic E-state index is -0.878. The van der Waals surface area contributed by atoms with Gasteiger partial charge in [-0.2, -0.15) is 0 Å². The van der Waals surface area contributed by atoms with Gasteiger partial charge in [-0.1, -0.05) is 12.1 Å². The highest BCUT2D eigenvalue weighted by Crippen LogP contribution is 2.33. The minimum Gasteiger partial charge on any atom is -0.451 e. The highest BCUT2D eigenvalue weighted by Gasteiger charge is 2.17. The zero-order valence-corrected chi connectivity index (χ0v) is 11.1. The summed E-state index contributed by atoms with van der Waals surface area (Å²) >= 11 is 0. The molecular formula is C15H14F3NO. The summed E-state index contributed by atoms with van der Waals surface area (Å²) in [7, 11) is 1.72. The summed E-state index contributed by atoms with van der Waals surface area (Å²) in [5.74, 6) is -2.49. The third-order valence-corrected chi connectivity index (χ3v) is 3.00. The van der Waals surface area contributed by atoms with Crippen LogP contribution in [0.3, 0.4) is 0 Å². The second-order valence-electron chi connectivity index (χ2n) is 4.35. The maximum absolute atomic E-state index is 13.9. The maximum Gasteiger partial charge on any atom is 0.168 e. The summed E-state index contributed by atoms with van der Waals surface area (Å²) in [6.45, 7) is 1.82. The minimum absolute atomic E-state index is 0.0696. The fourth-order valence-electron chi connectivity index (χ4n) is 1.80. The van der Waals surface area contributed by atoms with Gasteiger partial charge in [-0.25, -0.2) is 13.2 Å². The molecule has 2 aromatic carbocycles. The van der Waals surface area contributed by atoms with Gasteiger partial charge in [0, 0.05) is 17.7 Å². The van der Waals surface area contributed by atoms with Crippen LogP contribution in [0.2, 0.25) is 0 Å². The third kappa shape index (κ3) is 2.93. The van der Waals surface area contributed by atoms with Crippen LogP contribution >= 0.6 is 0 Å².